The quantitative estimate of drug-likeness (QED) is 0.0505. The van der Waals surface area contributed by atoms with E-state index in [4.69, 9.17) is 22.9 Å². The number of esters is 1. The fourth-order valence-corrected chi connectivity index (χ4v) is 17.9. The van der Waals surface area contributed by atoms with E-state index in [0.29, 0.717) is 0 Å². The molecule has 458 valence electrons. The van der Waals surface area contributed by atoms with E-state index in [9.17, 15) is 4.79 Å². The Morgan fingerprint density at radius 1 is 0.548 bits per heavy atom. The molecule has 7 nitrogen and oxygen atoms in total. The van der Waals surface area contributed by atoms with Gasteiger partial charge >= 0.3 is 13.1 Å². The maximum absolute atomic E-state index is 11.8. The topological polar surface area (TPSA) is 76.1 Å². The second kappa shape index (κ2) is 27.5. The monoisotopic (exact) mass is 1180 g/mol. The molecule has 2 aliphatic carbocycles. The van der Waals surface area contributed by atoms with E-state index in [1.807, 2.05) is 12.3 Å². The Hall–Kier alpha value is -4.16. The second-order valence-corrected chi connectivity index (χ2v) is 37.7. The van der Waals surface area contributed by atoms with Crippen molar-refractivity contribution in [1.82, 2.24) is 4.98 Å². The molecule has 1 aliphatic heterocycles. The molecule has 0 bridgehead atoms. The standard InChI is InChI=1S/C38H53NO3Si.C36H57BO3Si/c1-9-38(10-2,34-16-17-35(29(4)23-34)32-24-30(26-39-27-32)25-36(40)41-5)33-15-14-31(28(3)22-33)18-21-37(42-43(6,7)8)19-12-11-13-20-37;1-12-36(13-2,31-19-20-32(28(4)26-31)37-38-33(5,6)34(7,8)39-37)30-18-17-29(27(3)25-30)21-24-35(40-41(9,10)11)22-15-14-16-23-35/h14-17,22-24,26-27H,9-13,18-21,25H2,1-8H3;17-20,25-26H,12-16,21-24H2,1-11H3. The number of ether oxygens (including phenoxy) is 1. The van der Waals surface area contributed by atoms with Crippen LogP contribution < -0.4 is 5.46 Å². The highest BCUT2D eigenvalue weighted by Gasteiger charge is 2.52. The first-order chi connectivity index (χ1) is 39.5. The summed E-state index contributed by atoms with van der Waals surface area (Å²) in [6, 6.07) is 30.5. The lowest BCUT2D eigenvalue weighted by atomic mass is 9.67. The molecule has 0 radical (unpaired) electrons. The normalized spacial score (nSPS) is 17.8. The van der Waals surface area contributed by atoms with Crippen molar-refractivity contribution in [3.63, 3.8) is 0 Å². The molecule has 2 heterocycles. The Labute approximate surface area is 513 Å². The van der Waals surface area contributed by atoms with Crippen molar-refractivity contribution >= 4 is 35.2 Å². The van der Waals surface area contributed by atoms with E-state index < -0.39 is 16.6 Å². The fourth-order valence-electron chi connectivity index (χ4n) is 14.7. The van der Waals surface area contributed by atoms with Crippen molar-refractivity contribution in [2.75, 3.05) is 7.11 Å². The van der Waals surface area contributed by atoms with Gasteiger partial charge in [-0.25, -0.2) is 0 Å². The van der Waals surface area contributed by atoms with Crippen molar-refractivity contribution in [2.24, 2.45) is 0 Å². The predicted molar refractivity (Wildman–Crippen MR) is 359 cm³/mol. The van der Waals surface area contributed by atoms with Crippen LogP contribution in [0.1, 0.15) is 219 Å². The Bertz CT molecular complexity index is 2990. The van der Waals surface area contributed by atoms with Gasteiger partial charge < -0.3 is 22.9 Å². The summed E-state index contributed by atoms with van der Waals surface area (Å²) >= 11 is 0. The third-order valence-electron chi connectivity index (χ3n) is 20.3. The summed E-state index contributed by atoms with van der Waals surface area (Å²) in [4.78, 5) is 16.2. The minimum absolute atomic E-state index is 0.0198. The van der Waals surface area contributed by atoms with E-state index in [1.165, 1.54) is 127 Å². The first-order valence-electron chi connectivity index (χ1n) is 32.7. The third kappa shape index (κ3) is 15.7. The van der Waals surface area contributed by atoms with Crippen LogP contribution in [0.5, 0.6) is 0 Å². The summed E-state index contributed by atoms with van der Waals surface area (Å²) in [5.41, 5.74) is 17.3. The van der Waals surface area contributed by atoms with E-state index >= 15 is 0 Å². The van der Waals surface area contributed by atoms with Gasteiger partial charge in [-0.15, -0.1) is 0 Å². The number of aryl methyl sites for hydroxylation is 6. The number of carbonyl (C=O) groups is 1. The van der Waals surface area contributed by atoms with Gasteiger partial charge in [0.1, 0.15) is 0 Å². The largest absolute Gasteiger partial charge is 0.495 e. The van der Waals surface area contributed by atoms with Gasteiger partial charge in [0.2, 0.25) is 0 Å². The van der Waals surface area contributed by atoms with Crippen LogP contribution in [0.2, 0.25) is 39.3 Å². The van der Waals surface area contributed by atoms with Crippen LogP contribution in [0.25, 0.3) is 11.1 Å². The van der Waals surface area contributed by atoms with Gasteiger partial charge in [-0.05, 0) is 244 Å². The van der Waals surface area contributed by atoms with Crippen LogP contribution in [0.15, 0.2) is 91.3 Å². The van der Waals surface area contributed by atoms with Crippen molar-refractivity contribution in [2.45, 2.75) is 278 Å². The van der Waals surface area contributed by atoms with Crippen LogP contribution in [0.3, 0.4) is 0 Å². The lowest BCUT2D eigenvalue weighted by Gasteiger charge is -2.42. The Kier molecular flexibility index (Phi) is 22.0. The Morgan fingerprint density at radius 3 is 1.33 bits per heavy atom. The number of carbonyl (C=O) groups excluding carboxylic acids is 1. The van der Waals surface area contributed by atoms with E-state index in [2.05, 4.69) is 200 Å². The first kappa shape index (κ1) is 67.3. The molecule has 0 N–H and O–H groups in total. The molecule has 0 atom stereocenters. The van der Waals surface area contributed by atoms with Gasteiger partial charge in [-0.2, -0.15) is 0 Å². The molecule has 1 saturated heterocycles. The average Bonchev–Trinajstić information content (AvgIpc) is 1.84. The first-order valence-corrected chi connectivity index (χ1v) is 39.5. The lowest BCUT2D eigenvalue weighted by Crippen LogP contribution is -2.44. The summed E-state index contributed by atoms with van der Waals surface area (Å²) in [6.07, 6.45) is 25.3. The molecule has 2 saturated carbocycles. The minimum Gasteiger partial charge on any atom is -0.469 e. The molecule has 84 heavy (non-hydrogen) atoms. The number of hydrogen-bond donors (Lipinski definition) is 0. The zero-order valence-corrected chi connectivity index (χ0v) is 58.1. The number of nitrogens with zero attached hydrogens (tertiary/aromatic N) is 1. The van der Waals surface area contributed by atoms with Crippen LogP contribution in [0, 0.1) is 27.7 Å². The van der Waals surface area contributed by atoms with Crippen molar-refractivity contribution in [1.29, 1.82) is 0 Å². The summed E-state index contributed by atoms with van der Waals surface area (Å²) in [6.45, 7) is 40.9. The van der Waals surface area contributed by atoms with Crippen molar-refractivity contribution in [3.05, 3.63) is 152 Å². The van der Waals surface area contributed by atoms with Crippen molar-refractivity contribution < 1.29 is 27.7 Å². The maximum atomic E-state index is 11.8. The molecule has 1 aromatic heterocycles. The van der Waals surface area contributed by atoms with E-state index in [1.54, 1.807) is 6.20 Å². The van der Waals surface area contributed by atoms with Gasteiger partial charge in [0.25, 0.3) is 0 Å². The predicted octanol–water partition coefficient (Wildman–Crippen LogP) is 18.9. The van der Waals surface area contributed by atoms with Gasteiger partial charge in [0.05, 0.1) is 35.9 Å². The van der Waals surface area contributed by atoms with Crippen LogP contribution in [-0.4, -0.2) is 64.2 Å². The molecule has 4 aromatic carbocycles. The number of pyridine rings is 1. The van der Waals surface area contributed by atoms with Gasteiger partial charge in [0.15, 0.2) is 16.6 Å². The Morgan fingerprint density at radius 2 is 0.952 bits per heavy atom. The number of rotatable bonds is 22. The minimum atomic E-state index is -1.61. The van der Waals surface area contributed by atoms with E-state index in [0.717, 1.165) is 73.5 Å². The van der Waals surface area contributed by atoms with Crippen LogP contribution in [0.4, 0.5) is 0 Å². The second-order valence-electron chi connectivity index (χ2n) is 28.8. The molecule has 10 heteroatoms. The highest BCUT2D eigenvalue weighted by Crippen LogP contribution is 2.45. The third-order valence-corrected chi connectivity index (χ3v) is 22.4. The summed E-state index contributed by atoms with van der Waals surface area (Å²) < 4.78 is 31.4. The lowest BCUT2D eigenvalue weighted by molar-refractivity contribution is -0.139. The summed E-state index contributed by atoms with van der Waals surface area (Å²) in [7, 11) is -2.12. The summed E-state index contributed by atoms with van der Waals surface area (Å²) in [5.74, 6) is -0.253. The molecule has 3 aliphatic rings. The molecule has 8 rings (SSSR count). The number of aromatic nitrogens is 1. The number of methoxy groups -OCH3 is 1. The molecule has 0 unspecified atom stereocenters. The number of hydrogen-bond acceptors (Lipinski definition) is 7. The fraction of sp³-hybridized carbons (Fsp3) is 0.595. The molecular formula is C74H110BNO6Si2. The van der Waals surface area contributed by atoms with Gasteiger partial charge in [-0.1, -0.05) is 145 Å². The molecule has 0 spiro atoms. The van der Waals surface area contributed by atoms with E-state index in [-0.39, 0.29) is 52.7 Å². The Balaban J connectivity index is 0.000000241. The van der Waals surface area contributed by atoms with Gasteiger partial charge in [-0.3, -0.25) is 9.78 Å². The highest BCUT2D eigenvalue weighted by atomic mass is 28.4. The smallest absolute Gasteiger partial charge is 0.469 e. The van der Waals surface area contributed by atoms with Crippen LogP contribution in [-0.2, 0) is 57.8 Å². The van der Waals surface area contributed by atoms with Gasteiger partial charge in [0, 0.05) is 28.8 Å². The molecule has 5 aromatic rings. The maximum Gasteiger partial charge on any atom is 0.495 e. The highest BCUT2D eigenvalue weighted by molar-refractivity contribution is 6.70. The average molecular weight is 1180 g/mol. The molecular weight excluding hydrogens is 1070 g/mol. The van der Waals surface area contributed by atoms with Crippen LogP contribution >= 0.6 is 0 Å². The SMILES string of the molecule is CCC(CC)(c1ccc(CCC2(O[Si](C)(C)C)CCCCC2)c(C)c1)c1ccc(-c2cncc(CC(=O)OC)c2)c(C)c1.CCC(CC)(c1ccc(CCC2(O[Si](C)(C)C)CCCCC2)c(C)c1)c1ccc(B2OC(C)(C)C(C)(C)O2)c(C)c1. The zero-order chi connectivity index (χ0) is 61.5. The zero-order valence-electron chi connectivity index (χ0n) is 56.1. The number of benzene rings is 4. The molecule has 0 amide bonds. The molecule has 3 fully saturated rings. The van der Waals surface area contributed by atoms with Crippen molar-refractivity contribution in [3.8, 4) is 11.1 Å². The summed E-state index contributed by atoms with van der Waals surface area (Å²) in [5, 5.41) is 0.